The minimum absolute atomic E-state index is 0.0922. The summed E-state index contributed by atoms with van der Waals surface area (Å²) in [7, 11) is -1.52. The van der Waals surface area contributed by atoms with Gasteiger partial charge in [-0.15, -0.1) is 0 Å². The van der Waals surface area contributed by atoms with Crippen LogP contribution in [0.15, 0.2) is 50.1 Å². The van der Waals surface area contributed by atoms with E-state index in [0.717, 1.165) is 5.56 Å². The predicted octanol–water partition coefficient (Wildman–Crippen LogP) is -2.32. The fraction of sp³-hybridized carbons (Fsp3) is 0.0769. The molecule has 1 aromatic heterocycles. The summed E-state index contributed by atoms with van der Waals surface area (Å²) in [6, 6.07) is 6.52. The van der Waals surface area contributed by atoms with Crippen LogP contribution in [0.1, 0.15) is 11.1 Å². The van der Waals surface area contributed by atoms with Crippen LogP contribution in [0.25, 0.3) is 0 Å². The zero-order valence-electron chi connectivity index (χ0n) is 11.9. The number of nitrogens with one attached hydrogen (secondary N) is 2. The number of H-pyrrole nitrogens is 2. The summed E-state index contributed by atoms with van der Waals surface area (Å²) in [6.07, 6.45) is 2.52. The lowest BCUT2D eigenvalue weighted by atomic mass is 9.80. The fourth-order valence-corrected chi connectivity index (χ4v) is 1.81. The van der Waals surface area contributed by atoms with Gasteiger partial charge in [-0.05, 0) is 11.0 Å². The highest BCUT2D eigenvalue weighted by Gasteiger charge is 2.09. The second-order valence-corrected chi connectivity index (χ2v) is 4.58. The Morgan fingerprint density at radius 1 is 1.26 bits per heavy atom. The summed E-state index contributed by atoms with van der Waals surface area (Å²) in [6.45, 7) is 0.280. The molecule has 0 saturated carbocycles. The molecule has 0 amide bonds. The molecule has 1 aromatic carbocycles. The van der Waals surface area contributed by atoms with Gasteiger partial charge in [-0.3, -0.25) is 14.8 Å². The zero-order chi connectivity index (χ0) is 16.8. The van der Waals surface area contributed by atoms with Crippen LogP contribution < -0.4 is 22.6 Å². The zero-order valence-corrected chi connectivity index (χ0v) is 11.9. The van der Waals surface area contributed by atoms with Gasteiger partial charge in [-0.25, -0.2) is 4.79 Å². The van der Waals surface area contributed by atoms with E-state index in [4.69, 9.17) is 15.9 Å². The van der Waals surface area contributed by atoms with E-state index < -0.39 is 18.4 Å². The Bertz CT molecular complexity index is 838. The van der Waals surface area contributed by atoms with E-state index in [1.807, 2.05) is 0 Å². The highest BCUT2D eigenvalue weighted by molar-refractivity contribution is 6.58. The van der Waals surface area contributed by atoms with Crippen LogP contribution in [0.5, 0.6) is 0 Å². The van der Waals surface area contributed by atoms with Crippen LogP contribution in [0.2, 0.25) is 0 Å². The highest BCUT2D eigenvalue weighted by atomic mass is 16.4. The molecule has 0 atom stereocenters. The monoisotopic (exact) mass is 315 g/mol. The van der Waals surface area contributed by atoms with Crippen molar-refractivity contribution in [2.45, 2.75) is 6.54 Å². The van der Waals surface area contributed by atoms with E-state index in [2.05, 4.69) is 20.1 Å². The molecular weight excluding hydrogens is 301 g/mol. The number of aromatic amines is 2. The van der Waals surface area contributed by atoms with Gasteiger partial charge in [0.15, 0.2) is 0 Å². The van der Waals surface area contributed by atoms with E-state index in [-0.39, 0.29) is 17.8 Å². The van der Waals surface area contributed by atoms with E-state index in [1.165, 1.54) is 12.4 Å². The van der Waals surface area contributed by atoms with Crippen molar-refractivity contribution in [1.29, 1.82) is 0 Å². The number of benzene rings is 1. The van der Waals surface area contributed by atoms with Crippen molar-refractivity contribution in [2.24, 2.45) is 15.9 Å². The number of rotatable bonds is 5. The lowest BCUT2D eigenvalue weighted by Gasteiger charge is -2.01. The number of hydrogen-bond donors (Lipinski definition) is 5. The molecule has 23 heavy (non-hydrogen) atoms. The largest absolute Gasteiger partial charge is 0.488 e. The first-order valence-corrected chi connectivity index (χ1v) is 6.56. The number of nitrogens with zero attached hydrogens (tertiary/aromatic N) is 2. The third-order valence-electron chi connectivity index (χ3n) is 3.00. The topological polar surface area (TPSA) is 157 Å². The average molecular weight is 315 g/mol. The Morgan fingerprint density at radius 3 is 2.52 bits per heavy atom. The second-order valence-electron chi connectivity index (χ2n) is 4.58. The van der Waals surface area contributed by atoms with Crippen molar-refractivity contribution < 1.29 is 10.0 Å². The molecule has 0 aliphatic rings. The van der Waals surface area contributed by atoms with Crippen LogP contribution in [-0.2, 0) is 6.54 Å². The molecule has 6 N–H and O–H groups in total. The minimum atomic E-state index is -1.52. The molecule has 9 nitrogen and oxygen atoms in total. The molecule has 0 saturated heterocycles. The van der Waals surface area contributed by atoms with Crippen LogP contribution in [0, 0.1) is 0 Å². The highest BCUT2D eigenvalue weighted by Crippen LogP contribution is 1.99. The SMILES string of the molecule is NN=C(C=NCc1ccc(B(O)O)cc1)c1c[nH]c(=O)[nH]c1=O. The lowest BCUT2D eigenvalue weighted by molar-refractivity contribution is 0.426. The Balaban J connectivity index is 2.11. The number of hydrogen-bond acceptors (Lipinski definition) is 7. The summed E-state index contributed by atoms with van der Waals surface area (Å²) in [5.41, 5.74) is 0.155. The summed E-state index contributed by atoms with van der Waals surface area (Å²) >= 11 is 0. The average Bonchev–Trinajstić information content (AvgIpc) is 2.53. The fourth-order valence-electron chi connectivity index (χ4n) is 1.81. The molecule has 10 heteroatoms. The summed E-state index contributed by atoms with van der Waals surface area (Å²) in [4.78, 5) is 31.1. The van der Waals surface area contributed by atoms with Crippen molar-refractivity contribution in [3.8, 4) is 0 Å². The maximum Gasteiger partial charge on any atom is 0.488 e. The Hall–Kier alpha value is -2.98. The van der Waals surface area contributed by atoms with Gasteiger partial charge >= 0.3 is 12.8 Å². The van der Waals surface area contributed by atoms with Gasteiger partial charge in [-0.2, -0.15) is 5.10 Å². The van der Waals surface area contributed by atoms with E-state index >= 15 is 0 Å². The number of nitrogens with two attached hydrogens (primary N) is 1. The minimum Gasteiger partial charge on any atom is -0.423 e. The van der Waals surface area contributed by atoms with Gasteiger partial charge in [0, 0.05) is 6.20 Å². The van der Waals surface area contributed by atoms with Crippen molar-refractivity contribution in [1.82, 2.24) is 9.97 Å². The molecule has 0 fully saturated rings. The molecule has 0 aliphatic heterocycles. The van der Waals surface area contributed by atoms with Gasteiger partial charge in [0.1, 0.15) is 5.71 Å². The van der Waals surface area contributed by atoms with Gasteiger partial charge in [0.2, 0.25) is 0 Å². The van der Waals surface area contributed by atoms with Crippen molar-refractivity contribution in [2.75, 3.05) is 0 Å². The molecule has 0 spiro atoms. The molecule has 2 rings (SSSR count). The molecule has 0 unspecified atom stereocenters. The van der Waals surface area contributed by atoms with E-state index in [9.17, 15) is 9.59 Å². The maximum atomic E-state index is 11.7. The molecule has 0 bridgehead atoms. The Kier molecular flexibility index (Phi) is 5.23. The van der Waals surface area contributed by atoms with Gasteiger partial charge in [-0.1, -0.05) is 24.3 Å². The normalized spacial score (nSPS) is 11.8. The van der Waals surface area contributed by atoms with Crippen molar-refractivity contribution >= 4 is 24.5 Å². The first-order valence-electron chi connectivity index (χ1n) is 6.56. The third-order valence-corrected chi connectivity index (χ3v) is 3.00. The summed E-state index contributed by atoms with van der Waals surface area (Å²) in [5, 5.41) is 21.5. The molecule has 1 heterocycles. The summed E-state index contributed by atoms with van der Waals surface area (Å²) in [5.74, 6) is 5.24. The second kappa shape index (κ2) is 7.34. The first kappa shape index (κ1) is 16.4. The number of aliphatic imine (C=N–C) groups is 1. The first-order chi connectivity index (χ1) is 11.0. The van der Waals surface area contributed by atoms with Crippen molar-refractivity contribution in [3.63, 3.8) is 0 Å². The molecule has 2 aromatic rings. The quantitative estimate of drug-likeness (QED) is 0.181. The third kappa shape index (κ3) is 4.25. The standard InChI is InChI=1S/C13H14BN5O4/c15-19-11(10-6-17-13(21)18-12(10)20)7-16-5-8-1-3-9(4-2-8)14(22)23/h1-4,6-7,22-23H,5,15H2,(H2,17,18,20,21). The van der Waals surface area contributed by atoms with Crippen LogP contribution in [0.4, 0.5) is 0 Å². The van der Waals surface area contributed by atoms with Crippen LogP contribution in [-0.4, -0.2) is 39.1 Å². The van der Waals surface area contributed by atoms with E-state index in [0.29, 0.717) is 5.46 Å². The number of aromatic nitrogens is 2. The smallest absolute Gasteiger partial charge is 0.423 e. The summed E-state index contributed by atoms with van der Waals surface area (Å²) < 4.78 is 0. The molecule has 0 aliphatic carbocycles. The van der Waals surface area contributed by atoms with Gasteiger partial charge < -0.3 is 20.9 Å². The number of hydrazone groups is 1. The molecule has 0 radical (unpaired) electrons. The van der Waals surface area contributed by atoms with Gasteiger partial charge in [0.25, 0.3) is 5.56 Å². The molecule has 118 valence electrons. The van der Waals surface area contributed by atoms with E-state index in [1.54, 1.807) is 24.3 Å². The van der Waals surface area contributed by atoms with Gasteiger partial charge in [0.05, 0.1) is 18.3 Å². The van der Waals surface area contributed by atoms with Crippen molar-refractivity contribution in [3.05, 3.63) is 62.4 Å². The molecular formula is C13H14BN5O4. The maximum absolute atomic E-state index is 11.7. The lowest BCUT2D eigenvalue weighted by Crippen LogP contribution is -2.29. The Labute approximate surface area is 130 Å². The van der Waals surface area contributed by atoms with Crippen LogP contribution >= 0.6 is 0 Å². The van der Waals surface area contributed by atoms with Crippen LogP contribution in [0.3, 0.4) is 0 Å². The predicted molar refractivity (Wildman–Crippen MR) is 86.9 cm³/mol. The Morgan fingerprint density at radius 2 is 1.96 bits per heavy atom.